The van der Waals surface area contributed by atoms with Crippen LogP contribution in [0, 0.1) is 13.8 Å². The number of rotatable bonds is 7. The molecule has 0 aliphatic carbocycles. The third kappa shape index (κ3) is 8.18. The molecule has 0 heterocycles. The van der Waals surface area contributed by atoms with Crippen molar-refractivity contribution < 1.29 is 95.3 Å². The van der Waals surface area contributed by atoms with E-state index in [0.717, 1.165) is 28.8 Å². The fourth-order valence-corrected chi connectivity index (χ4v) is 6.81. The Morgan fingerprint density at radius 2 is 1.04 bits per heavy atom. The Balaban J connectivity index is 0.00000292. The zero-order valence-electron chi connectivity index (χ0n) is 27.7. The molecule has 6 aromatic rings. The molecule has 0 radical (unpaired) electrons. The summed E-state index contributed by atoms with van der Waals surface area (Å²) in [6.07, 6.45) is 0. The number of fused-ring (bicyclic) bond motifs is 2. The molecule has 0 fully saturated rings. The van der Waals surface area contributed by atoms with Crippen molar-refractivity contribution in [2.24, 2.45) is 20.5 Å². The maximum atomic E-state index is 13.1. The standard InChI is InChI=1S/C34H27N5O8S2.2Na/c1-18-15-20(7-11-26(18)36-38-28-13-9-24-30(48(42,43)44)14-10-25(35)32(24)34(28)41)21-8-12-27(19(2)16-21)37-39-29-17-31(49(45,46)47)22-5-3-4-6-23(22)33(29)40;;/h3-17,40-41H,35H2,1-2H3,(H,42,43,44)(H,45,46,47);;/q;2*+1/p-2. The van der Waals surface area contributed by atoms with Gasteiger partial charge in [0.25, 0.3) is 20.2 Å². The van der Waals surface area contributed by atoms with Crippen LogP contribution >= 0.6 is 0 Å². The van der Waals surface area contributed by atoms with E-state index in [2.05, 4.69) is 20.5 Å². The zero-order chi connectivity index (χ0) is 35.2. The first kappa shape index (κ1) is 40.0. The van der Waals surface area contributed by atoms with Gasteiger partial charge in [0.05, 0.1) is 22.7 Å². The van der Waals surface area contributed by atoms with Gasteiger partial charge in [0, 0.05) is 21.8 Å². The van der Waals surface area contributed by atoms with Crippen molar-refractivity contribution in [2.45, 2.75) is 23.6 Å². The number of nitrogens with two attached hydrogens (primary N) is 1. The van der Waals surface area contributed by atoms with Gasteiger partial charge in [-0.15, -0.1) is 0 Å². The molecule has 0 aliphatic heterocycles. The van der Waals surface area contributed by atoms with Crippen molar-refractivity contribution in [1.82, 2.24) is 0 Å². The second kappa shape index (κ2) is 15.5. The van der Waals surface area contributed by atoms with Crippen LogP contribution in [0.4, 0.5) is 28.4 Å². The summed E-state index contributed by atoms with van der Waals surface area (Å²) in [6.45, 7) is 3.61. The molecular weight excluding hydrogens is 717 g/mol. The quantitative estimate of drug-likeness (QED) is 0.0927. The largest absolute Gasteiger partial charge is 1.00 e. The minimum Gasteiger partial charge on any atom is -0.871 e. The van der Waals surface area contributed by atoms with Crippen molar-refractivity contribution >= 4 is 70.2 Å². The molecular formula is C34H25N5Na2O8S2. The van der Waals surface area contributed by atoms with E-state index in [-0.39, 0.29) is 97.7 Å². The smallest absolute Gasteiger partial charge is 0.871 e. The Hall–Kier alpha value is -3.74. The van der Waals surface area contributed by atoms with E-state index in [9.17, 15) is 36.2 Å². The van der Waals surface area contributed by atoms with Gasteiger partial charge in [0.2, 0.25) is 0 Å². The Morgan fingerprint density at radius 3 is 1.57 bits per heavy atom. The summed E-state index contributed by atoms with van der Waals surface area (Å²) in [7, 11) is -9.23. The molecule has 17 heteroatoms. The predicted octanol–water partition coefficient (Wildman–Crippen LogP) is 1.34. The van der Waals surface area contributed by atoms with Crippen molar-refractivity contribution in [3.05, 3.63) is 102 Å². The molecule has 0 saturated heterocycles. The topological polar surface area (TPSA) is 230 Å². The van der Waals surface area contributed by atoms with Gasteiger partial charge in [-0.3, -0.25) is 9.11 Å². The van der Waals surface area contributed by atoms with E-state index < -0.39 is 41.5 Å². The molecule has 6 aromatic carbocycles. The van der Waals surface area contributed by atoms with Crippen LogP contribution in [0.2, 0.25) is 0 Å². The fraction of sp³-hybridized carbons (Fsp3) is 0.0588. The van der Waals surface area contributed by atoms with Gasteiger partial charge in [0.15, 0.2) is 0 Å². The minimum atomic E-state index is -4.64. The fourth-order valence-electron chi connectivity index (χ4n) is 5.40. The van der Waals surface area contributed by atoms with Crippen LogP contribution in [0.25, 0.3) is 32.7 Å². The SMILES string of the molecule is Cc1cc(-c2ccc(N=Nc3ccc4c(S(=O)(=O)O)ccc(N)c4c3[O-])c(C)c2)ccc1N=Nc1cc(S(=O)(=O)O)c2ccccc2c1[O-].[Na+].[Na+]. The zero-order valence-corrected chi connectivity index (χ0v) is 33.3. The van der Waals surface area contributed by atoms with Crippen LogP contribution in [-0.4, -0.2) is 25.9 Å². The summed E-state index contributed by atoms with van der Waals surface area (Å²) < 4.78 is 66.8. The Bertz CT molecular complexity index is 2640. The Morgan fingerprint density at radius 1 is 0.549 bits per heavy atom. The first-order valence-corrected chi connectivity index (χ1v) is 17.3. The van der Waals surface area contributed by atoms with Crippen molar-refractivity contribution in [3.8, 4) is 22.6 Å². The Kier molecular flexibility index (Phi) is 12.1. The molecule has 0 saturated carbocycles. The molecule has 0 aliphatic rings. The van der Waals surface area contributed by atoms with E-state index in [1.165, 1.54) is 30.3 Å². The maximum Gasteiger partial charge on any atom is 1.00 e. The minimum absolute atomic E-state index is 0. The van der Waals surface area contributed by atoms with E-state index in [4.69, 9.17) is 5.73 Å². The van der Waals surface area contributed by atoms with Gasteiger partial charge in [-0.2, -0.15) is 37.3 Å². The second-order valence-corrected chi connectivity index (χ2v) is 13.9. The normalized spacial score (nSPS) is 12.0. The summed E-state index contributed by atoms with van der Waals surface area (Å²) in [4.78, 5) is -0.877. The molecule has 13 nitrogen and oxygen atoms in total. The van der Waals surface area contributed by atoms with Gasteiger partial charge < -0.3 is 15.9 Å². The predicted molar refractivity (Wildman–Crippen MR) is 181 cm³/mol. The third-order valence-corrected chi connectivity index (χ3v) is 9.66. The molecule has 0 bridgehead atoms. The van der Waals surface area contributed by atoms with Crippen molar-refractivity contribution in [3.63, 3.8) is 0 Å². The van der Waals surface area contributed by atoms with Gasteiger partial charge >= 0.3 is 59.1 Å². The first-order chi connectivity index (χ1) is 23.1. The van der Waals surface area contributed by atoms with Crippen molar-refractivity contribution in [2.75, 3.05) is 5.73 Å². The summed E-state index contributed by atoms with van der Waals surface area (Å²) in [5.41, 5.74) is 9.67. The van der Waals surface area contributed by atoms with E-state index in [1.54, 1.807) is 37.3 Å². The third-order valence-electron chi connectivity index (χ3n) is 7.86. The average molecular weight is 742 g/mol. The summed E-state index contributed by atoms with van der Waals surface area (Å²) in [6, 6.07) is 22.7. The van der Waals surface area contributed by atoms with E-state index in [1.807, 2.05) is 25.1 Å². The molecule has 248 valence electrons. The molecule has 6 rings (SSSR count). The first-order valence-electron chi connectivity index (χ1n) is 14.4. The second-order valence-electron chi connectivity index (χ2n) is 11.1. The monoisotopic (exact) mass is 741 g/mol. The van der Waals surface area contributed by atoms with Gasteiger partial charge in [-0.05, 0) is 90.0 Å². The molecule has 4 N–H and O–H groups in total. The van der Waals surface area contributed by atoms with Crippen LogP contribution in [0.5, 0.6) is 11.5 Å². The summed E-state index contributed by atoms with van der Waals surface area (Å²) in [5, 5.41) is 42.7. The molecule has 51 heavy (non-hydrogen) atoms. The van der Waals surface area contributed by atoms with E-state index >= 15 is 0 Å². The number of hydrogen-bond acceptors (Lipinski definition) is 11. The number of nitrogen functional groups attached to an aromatic ring is 1. The number of nitrogens with zero attached hydrogens (tertiary/aromatic N) is 4. The van der Waals surface area contributed by atoms with Gasteiger partial charge in [-0.1, -0.05) is 54.0 Å². The number of aryl methyl sites for hydroxylation is 2. The molecule has 0 spiro atoms. The Labute approximate surface area is 337 Å². The number of hydrogen-bond donors (Lipinski definition) is 3. The average Bonchev–Trinajstić information content (AvgIpc) is 3.04. The van der Waals surface area contributed by atoms with Crippen LogP contribution < -0.4 is 75.1 Å². The van der Waals surface area contributed by atoms with Crippen LogP contribution in [-0.2, 0) is 20.2 Å². The molecule has 0 amide bonds. The van der Waals surface area contributed by atoms with Crippen LogP contribution in [0.15, 0.2) is 121 Å². The van der Waals surface area contributed by atoms with Crippen LogP contribution in [0.3, 0.4) is 0 Å². The van der Waals surface area contributed by atoms with Crippen molar-refractivity contribution in [1.29, 1.82) is 0 Å². The van der Waals surface area contributed by atoms with Gasteiger partial charge in [-0.25, -0.2) is 0 Å². The summed E-state index contributed by atoms with van der Waals surface area (Å²) in [5.74, 6) is -1.17. The van der Waals surface area contributed by atoms with E-state index in [0.29, 0.717) is 16.9 Å². The number of benzene rings is 6. The number of azo groups is 2. The molecule has 0 atom stereocenters. The number of anilines is 1. The molecule has 0 unspecified atom stereocenters. The molecule has 0 aromatic heterocycles. The summed E-state index contributed by atoms with van der Waals surface area (Å²) >= 11 is 0. The van der Waals surface area contributed by atoms with Crippen LogP contribution in [0.1, 0.15) is 11.1 Å². The maximum absolute atomic E-state index is 13.1. The van der Waals surface area contributed by atoms with Gasteiger partial charge in [0.1, 0.15) is 9.79 Å².